The molecule has 0 fully saturated rings. The number of oxazole rings is 1. The molecule has 2 aromatic heterocycles. The van der Waals surface area contributed by atoms with Gasteiger partial charge in [0.15, 0.2) is 5.76 Å². The van der Waals surface area contributed by atoms with E-state index in [9.17, 15) is 4.39 Å². The molecule has 0 saturated carbocycles. The van der Waals surface area contributed by atoms with Crippen molar-refractivity contribution in [3.63, 3.8) is 0 Å². The molecule has 7 heteroatoms. The molecular weight excluding hydrogens is 351 g/mol. The van der Waals surface area contributed by atoms with Crippen LogP contribution in [0.4, 0.5) is 21.8 Å². The van der Waals surface area contributed by atoms with Gasteiger partial charge in [0.25, 0.3) is 6.01 Å². The van der Waals surface area contributed by atoms with Crippen molar-refractivity contribution < 1.29 is 8.81 Å². The number of anilines is 3. The summed E-state index contributed by atoms with van der Waals surface area (Å²) in [5.41, 5.74) is 3.63. The lowest BCUT2D eigenvalue weighted by molar-refractivity contribution is 0.587. The van der Waals surface area contributed by atoms with Gasteiger partial charge in [-0.25, -0.2) is 9.37 Å². The molecular formula is C19H17FN4OS. The summed E-state index contributed by atoms with van der Waals surface area (Å²) in [6.07, 6.45) is 3.63. The number of nitrogens with zero attached hydrogens (tertiary/aromatic N) is 2. The number of halogens is 1. The molecule has 132 valence electrons. The standard InChI is InChI=1S/C19H17FN4OS/c1-24-16-7-6-13(20)8-12(16)9-17(24)18-11-21-19(25-18)22-14-4-3-5-15(10-14)23-26-2/h3-11,23H,1-2H3,(H,21,22). The fourth-order valence-corrected chi connectivity index (χ4v) is 3.27. The lowest BCUT2D eigenvalue weighted by atomic mass is 10.2. The number of hydrogen-bond donors (Lipinski definition) is 2. The Hall–Kier alpha value is -2.93. The zero-order valence-corrected chi connectivity index (χ0v) is 15.1. The minimum atomic E-state index is -0.256. The summed E-state index contributed by atoms with van der Waals surface area (Å²) in [7, 11) is 1.92. The quantitative estimate of drug-likeness (QED) is 0.462. The molecule has 0 atom stereocenters. The number of hydrogen-bond acceptors (Lipinski definition) is 5. The molecule has 0 aliphatic heterocycles. The van der Waals surface area contributed by atoms with Crippen molar-refractivity contribution in [2.45, 2.75) is 0 Å². The van der Waals surface area contributed by atoms with Crippen LogP contribution in [0.3, 0.4) is 0 Å². The van der Waals surface area contributed by atoms with Crippen LogP contribution in [0, 0.1) is 5.82 Å². The summed E-state index contributed by atoms with van der Waals surface area (Å²) in [4.78, 5) is 4.30. The Balaban J connectivity index is 1.62. The first-order chi connectivity index (χ1) is 12.6. The van der Waals surface area contributed by atoms with Gasteiger partial charge in [-0.3, -0.25) is 0 Å². The van der Waals surface area contributed by atoms with Gasteiger partial charge < -0.3 is 19.0 Å². The average molecular weight is 368 g/mol. The highest BCUT2D eigenvalue weighted by atomic mass is 32.2. The van der Waals surface area contributed by atoms with Crippen molar-refractivity contribution in [3.8, 4) is 11.5 Å². The van der Waals surface area contributed by atoms with Gasteiger partial charge in [0.1, 0.15) is 5.82 Å². The highest BCUT2D eigenvalue weighted by Gasteiger charge is 2.13. The highest BCUT2D eigenvalue weighted by molar-refractivity contribution is 7.99. The molecule has 0 amide bonds. The summed E-state index contributed by atoms with van der Waals surface area (Å²) in [5.74, 6) is 0.360. The van der Waals surface area contributed by atoms with Crippen molar-refractivity contribution in [3.05, 3.63) is 60.5 Å². The van der Waals surface area contributed by atoms with E-state index >= 15 is 0 Å². The molecule has 0 aliphatic rings. The average Bonchev–Trinajstić information content (AvgIpc) is 3.20. The summed E-state index contributed by atoms with van der Waals surface area (Å²) in [6, 6.07) is 14.9. The van der Waals surface area contributed by atoms with Gasteiger partial charge in [0.05, 0.1) is 11.9 Å². The third-order valence-electron chi connectivity index (χ3n) is 4.10. The Kier molecular flexibility index (Phi) is 4.30. The number of aryl methyl sites for hydroxylation is 1. The monoisotopic (exact) mass is 368 g/mol. The summed E-state index contributed by atoms with van der Waals surface area (Å²) in [6.45, 7) is 0. The lowest BCUT2D eigenvalue weighted by Crippen LogP contribution is -1.92. The van der Waals surface area contributed by atoms with Gasteiger partial charge in [-0.2, -0.15) is 0 Å². The first kappa shape index (κ1) is 16.5. The van der Waals surface area contributed by atoms with Crippen molar-refractivity contribution in [1.29, 1.82) is 0 Å². The number of rotatable bonds is 5. The minimum absolute atomic E-state index is 0.256. The predicted molar refractivity (Wildman–Crippen MR) is 105 cm³/mol. The van der Waals surface area contributed by atoms with Gasteiger partial charge in [-0.05, 0) is 42.5 Å². The van der Waals surface area contributed by atoms with Crippen LogP contribution in [0.15, 0.2) is 59.1 Å². The van der Waals surface area contributed by atoms with Gasteiger partial charge in [0, 0.05) is 35.6 Å². The number of aromatic nitrogens is 2. The zero-order chi connectivity index (χ0) is 18.1. The van der Waals surface area contributed by atoms with Crippen LogP contribution in [-0.4, -0.2) is 15.8 Å². The van der Waals surface area contributed by atoms with E-state index in [1.807, 2.05) is 48.2 Å². The largest absolute Gasteiger partial charge is 0.422 e. The van der Waals surface area contributed by atoms with Crippen LogP contribution in [0.25, 0.3) is 22.4 Å². The summed E-state index contributed by atoms with van der Waals surface area (Å²) in [5, 5.41) is 3.98. The van der Waals surface area contributed by atoms with Gasteiger partial charge in [-0.15, -0.1) is 0 Å². The number of fused-ring (bicyclic) bond motifs is 1. The molecule has 0 unspecified atom stereocenters. The highest BCUT2D eigenvalue weighted by Crippen LogP contribution is 2.30. The second-order valence-electron chi connectivity index (χ2n) is 5.83. The van der Waals surface area contributed by atoms with E-state index in [0.29, 0.717) is 11.8 Å². The zero-order valence-electron chi connectivity index (χ0n) is 14.3. The smallest absolute Gasteiger partial charge is 0.299 e. The van der Waals surface area contributed by atoms with E-state index in [0.717, 1.165) is 28.0 Å². The van der Waals surface area contributed by atoms with E-state index in [4.69, 9.17) is 4.42 Å². The van der Waals surface area contributed by atoms with Crippen LogP contribution in [0.1, 0.15) is 0 Å². The van der Waals surface area contributed by atoms with Crippen molar-refractivity contribution >= 4 is 40.2 Å². The van der Waals surface area contributed by atoms with E-state index in [2.05, 4.69) is 15.0 Å². The van der Waals surface area contributed by atoms with Crippen LogP contribution in [0.2, 0.25) is 0 Å². The SMILES string of the molecule is CSNc1cccc(Nc2ncc(-c3cc4cc(F)ccc4n3C)o2)c1. The Morgan fingerprint density at radius 2 is 1.96 bits per heavy atom. The van der Waals surface area contributed by atoms with Crippen molar-refractivity contribution in [1.82, 2.24) is 9.55 Å². The molecule has 0 aliphatic carbocycles. The van der Waals surface area contributed by atoms with Gasteiger partial charge >= 0.3 is 0 Å². The Morgan fingerprint density at radius 3 is 2.81 bits per heavy atom. The first-order valence-corrected chi connectivity index (χ1v) is 9.24. The van der Waals surface area contributed by atoms with E-state index in [1.54, 1.807) is 12.3 Å². The molecule has 0 spiro atoms. The van der Waals surface area contributed by atoms with Crippen molar-refractivity contribution in [2.75, 3.05) is 16.3 Å². The number of benzene rings is 2. The summed E-state index contributed by atoms with van der Waals surface area (Å²) >= 11 is 1.53. The molecule has 4 rings (SSSR count). The Bertz CT molecular complexity index is 1070. The molecule has 2 aromatic carbocycles. The van der Waals surface area contributed by atoms with E-state index < -0.39 is 0 Å². The first-order valence-electron chi connectivity index (χ1n) is 8.01. The Labute approximate surface area is 154 Å². The maximum absolute atomic E-state index is 13.5. The molecule has 5 nitrogen and oxygen atoms in total. The van der Waals surface area contributed by atoms with Crippen molar-refractivity contribution in [2.24, 2.45) is 7.05 Å². The van der Waals surface area contributed by atoms with Crippen LogP contribution in [-0.2, 0) is 7.05 Å². The molecule has 0 bridgehead atoms. The molecule has 26 heavy (non-hydrogen) atoms. The molecule has 4 aromatic rings. The van der Waals surface area contributed by atoms with Crippen LogP contribution in [0.5, 0.6) is 0 Å². The molecule has 2 heterocycles. The van der Waals surface area contributed by atoms with Crippen LogP contribution >= 0.6 is 11.9 Å². The lowest BCUT2D eigenvalue weighted by Gasteiger charge is -2.06. The molecule has 2 N–H and O–H groups in total. The topological polar surface area (TPSA) is 55.0 Å². The number of nitrogens with one attached hydrogen (secondary N) is 2. The maximum atomic E-state index is 13.5. The fourth-order valence-electron chi connectivity index (χ4n) is 2.91. The van der Waals surface area contributed by atoms with Gasteiger partial charge in [-0.1, -0.05) is 18.0 Å². The normalized spacial score (nSPS) is 11.0. The predicted octanol–water partition coefficient (Wildman–Crippen LogP) is 5.41. The second kappa shape index (κ2) is 6.76. The fraction of sp³-hybridized carbons (Fsp3) is 0.105. The third kappa shape index (κ3) is 3.13. The summed E-state index contributed by atoms with van der Waals surface area (Å²) < 4.78 is 24.4. The Morgan fingerprint density at radius 1 is 1.12 bits per heavy atom. The van der Waals surface area contributed by atoms with Crippen LogP contribution < -0.4 is 10.0 Å². The van der Waals surface area contributed by atoms with E-state index in [-0.39, 0.29) is 5.82 Å². The third-order valence-corrected chi connectivity index (χ3v) is 4.54. The molecule has 0 saturated heterocycles. The minimum Gasteiger partial charge on any atom is -0.422 e. The molecule has 0 radical (unpaired) electrons. The second-order valence-corrected chi connectivity index (χ2v) is 6.45. The van der Waals surface area contributed by atoms with E-state index in [1.165, 1.54) is 24.1 Å². The van der Waals surface area contributed by atoms with Gasteiger partial charge in [0.2, 0.25) is 0 Å². The maximum Gasteiger partial charge on any atom is 0.299 e.